The highest BCUT2D eigenvalue weighted by Crippen LogP contribution is 2.33. The van der Waals surface area contributed by atoms with Crippen LogP contribution in [0, 0.1) is 0 Å². The van der Waals surface area contributed by atoms with E-state index in [9.17, 15) is 0 Å². The molecule has 0 spiro atoms. The van der Waals surface area contributed by atoms with E-state index in [1.165, 1.54) is 38.2 Å². The molecule has 0 aliphatic rings. The number of aryl methyl sites for hydroxylation is 1. The molecule has 1 aromatic heterocycles. The first-order chi connectivity index (χ1) is 12.2. The van der Waals surface area contributed by atoms with Crippen molar-refractivity contribution in [2.24, 2.45) is 0 Å². The van der Waals surface area contributed by atoms with Crippen molar-refractivity contribution in [1.82, 2.24) is 4.98 Å². The number of pyridine rings is 1. The van der Waals surface area contributed by atoms with Crippen molar-refractivity contribution in [3.63, 3.8) is 0 Å². The van der Waals surface area contributed by atoms with Crippen LogP contribution in [0.25, 0.3) is 32.8 Å². The van der Waals surface area contributed by atoms with Crippen LogP contribution < -0.4 is 0 Å². The van der Waals surface area contributed by atoms with E-state index < -0.39 is 0 Å². The normalized spacial score (nSPS) is 11.5. The van der Waals surface area contributed by atoms with Crippen LogP contribution in [0.1, 0.15) is 37.8 Å². The molecule has 0 N–H and O–H groups in total. The number of rotatable bonds is 3. The second-order valence-electron chi connectivity index (χ2n) is 7.01. The maximum absolute atomic E-state index is 4.76. The minimum Gasteiger partial charge on any atom is -0.256 e. The lowest BCUT2D eigenvalue weighted by molar-refractivity contribution is 0.863. The summed E-state index contributed by atoms with van der Waals surface area (Å²) in [6.45, 7) is 6.72. The molecule has 0 bridgehead atoms. The summed E-state index contributed by atoms with van der Waals surface area (Å²) < 4.78 is 0. The molecule has 4 rings (SSSR count). The molecule has 1 heteroatoms. The third-order valence-electron chi connectivity index (χ3n) is 5.03. The summed E-state index contributed by atoms with van der Waals surface area (Å²) in [7, 11) is 0. The molecule has 3 aromatic carbocycles. The highest BCUT2D eigenvalue weighted by molar-refractivity contribution is 6.11. The second kappa shape index (κ2) is 6.33. The van der Waals surface area contributed by atoms with E-state index in [0.29, 0.717) is 5.92 Å². The largest absolute Gasteiger partial charge is 0.256 e. The number of benzene rings is 3. The van der Waals surface area contributed by atoms with Gasteiger partial charge in [-0.2, -0.15) is 0 Å². The molecule has 1 heterocycles. The Kier molecular flexibility index (Phi) is 4.01. The lowest BCUT2D eigenvalue weighted by atomic mass is 9.93. The highest BCUT2D eigenvalue weighted by atomic mass is 14.7. The van der Waals surface area contributed by atoms with Gasteiger partial charge in [-0.15, -0.1) is 0 Å². The van der Waals surface area contributed by atoms with Gasteiger partial charge in [-0.05, 0) is 57.8 Å². The molecule has 1 nitrogen and oxygen atoms in total. The first kappa shape index (κ1) is 15.8. The molecule has 0 aliphatic carbocycles. The Morgan fingerprint density at radius 1 is 0.840 bits per heavy atom. The van der Waals surface area contributed by atoms with E-state index in [1.54, 1.807) is 0 Å². The Labute approximate surface area is 149 Å². The zero-order valence-corrected chi connectivity index (χ0v) is 15.1. The fourth-order valence-corrected chi connectivity index (χ4v) is 3.56. The van der Waals surface area contributed by atoms with Crippen molar-refractivity contribution in [1.29, 1.82) is 0 Å². The van der Waals surface area contributed by atoms with Gasteiger partial charge in [-0.1, -0.05) is 63.2 Å². The van der Waals surface area contributed by atoms with E-state index in [0.717, 1.165) is 12.1 Å². The molecule has 4 aromatic rings. The zero-order valence-electron chi connectivity index (χ0n) is 15.1. The molecule has 0 saturated heterocycles. The molecule has 0 aliphatic heterocycles. The standard InChI is InChI=1S/C24H23N/c1-4-17-13-19(16(2)3)15-20(14-17)24-23-10-9-18-7-5-6-8-21(18)22(23)11-12-25-24/h5-16H,4H2,1-3H3. The van der Waals surface area contributed by atoms with Crippen molar-refractivity contribution in [2.75, 3.05) is 0 Å². The monoisotopic (exact) mass is 325 g/mol. The summed E-state index contributed by atoms with van der Waals surface area (Å²) in [5, 5.41) is 5.07. The number of nitrogens with zero attached hydrogens (tertiary/aromatic N) is 1. The number of hydrogen-bond donors (Lipinski definition) is 0. The first-order valence-electron chi connectivity index (χ1n) is 9.08. The van der Waals surface area contributed by atoms with Crippen LogP contribution in [0.4, 0.5) is 0 Å². The first-order valence-corrected chi connectivity index (χ1v) is 9.08. The SMILES string of the molecule is CCc1cc(-c2nccc3c2ccc2ccccc23)cc(C(C)C)c1. The molecule has 0 atom stereocenters. The third-order valence-corrected chi connectivity index (χ3v) is 5.03. The summed E-state index contributed by atoms with van der Waals surface area (Å²) in [4.78, 5) is 4.76. The van der Waals surface area contributed by atoms with Crippen LogP contribution in [0.15, 0.2) is 66.9 Å². The molecule has 0 unspecified atom stereocenters. The molecule has 124 valence electrons. The van der Waals surface area contributed by atoms with Gasteiger partial charge in [0.25, 0.3) is 0 Å². The van der Waals surface area contributed by atoms with E-state index in [-0.39, 0.29) is 0 Å². The minimum absolute atomic E-state index is 0.515. The smallest absolute Gasteiger partial charge is 0.0780 e. The van der Waals surface area contributed by atoms with Crippen LogP contribution in [0.2, 0.25) is 0 Å². The van der Waals surface area contributed by atoms with Gasteiger partial charge in [0.2, 0.25) is 0 Å². The molecule has 25 heavy (non-hydrogen) atoms. The average molecular weight is 325 g/mol. The van der Waals surface area contributed by atoms with Crippen molar-refractivity contribution in [3.8, 4) is 11.3 Å². The Hall–Kier alpha value is -2.67. The quantitative estimate of drug-likeness (QED) is 0.380. The van der Waals surface area contributed by atoms with E-state index in [2.05, 4.69) is 81.4 Å². The van der Waals surface area contributed by atoms with E-state index in [4.69, 9.17) is 4.98 Å². The predicted octanol–water partition coefficient (Wildman–Crippen LogP) is 6.74. The fourth-order valence-electron chi connectivity index (χ4n) is 3.56. The van der Waals surface area contributed by atoms with Crippen LogP contribution in [0.5, 0.6) is 0 Å². The maximum Gasteiger partial charge on any atom is 0.0780 e. The Morgan fingerprint density at radius 3 is 2.48 bits per heavy atom. The van der Waals surface area contributed by atoms with Crippen molar-refractivity contribution in [3.05, 3.63) is 78.0 Å². The lowest BCUT2D eigenvalue weighted by Gasteiger charge is -2.13. The van der Waals surface area contributed by atoms with E-state index >= 15 is 0 Å². The molecule has 0 amide bonds. The lowest BCUT2D eigenvalue weighted by Crippen LogP contribution is -1.94. The van der Waals surface area contributed by atoms with Crippen LogP contribution in [0.3, 0.4) is 0 Å². The van der Waals surface area contributed by atoms with Gasteiger partial charge >= 0.3 is 0 Å². The summed E-state index contributed by atoms with van der Waals surface area (Å²) >= 11 is 0. The van der Waals surface area contributed by atoms with Gasteiger partial charge in [0.05, 0.1) is 5.69 Å². The number of hydrogen-bond acceptors (Lipinski definition) is 1. The summed E-state index contributed by atoms with van der Waals surface area (Å²) in [5.74, 6) is 0.515. The topological polar surface area (TPSA) is 12.9 Å². The van der Waals surface area contributed by atoms with Gasteiger partial charge in [0.15, 0.2) is 0 Å². The Morgan fingerprint density at radius 2 is 1.68 bits per heavy atom. The fraction of sp³-hybridized carbons (Fsp3) is 0.208. The van der Waals surface area contributed by atoms with Gasteiger partial charge in [-0.3, -0.25) is 4.98 Å². The maximum atomic E-state index is 4.76. The third kappa shape index (κ3) is 2.80. The highest BCUT2D eigenvalue weighted by Gasteiger charge is 2.11. The van der Waals surface area contributed by atoms with Gasteiger partial charge in [0, 0.05) is 17.1 Å². The van der Waals surface area contributed by atoms with Crippen LogP contribution in [-0.4, -0.2) is 4.98 Å². The van der Waals surface area contributed by atoms with Gasteiger partial charge in [0.1, 0.15) is 0 Å². The number of fused-ring (bicyclic) bond motifs is 3. The van der Waals surface area contributed by atoms with Gasteiger partial charge < -0.3 is 0 Å². The van der Waals surface area contributed by atoms with Crippen molar-refractivity contribution < 1.29 is 0 Å². The molecule has 0 saturated carbocycles. The number of aromatic nitrogens is 1. The second-order valence-corrected chi connectivity index (χ2v) is 7.01. The average Bonchev–Trinajstić information content (AvgIpc) is 2.66. The zero-order chi connectivity index (χ0) is 17.4. The minimum atomic E-state index is 0.515. The molecular weight excluding hydrogens is 302 g/mol. The predicted molar refractivity (Wildman–Crippen MR) is 108 cm³/mol. The Bertz CT molecular complexity index is 1060. The Balaban J connectivity index is 2.01. The van der Waals surface area contributed by atoms with Crippen molar-refractivity contribution in [2.45, 2.75) is 33.1 Å². The molecular formula is C24H23N. The molecule has 0 radical (unpaired) electrons. The molecule has 0 fully saturated rings. The van der Waals surface area contributed by atoms with E-state index in [1.807, 2.05) is 6.20 Å². The summed E-state index contributed by atoms with van der Waals surface area (Å²) in [5.41, 5.74) is 5.07. The van der Waals surface area contributed by atoms with Crippen LogP contribution in [-0.2, 0) is 6.42 Å². The summed E-state index contributed by atoms with van der Waals surface area (Å²) in [6, 6.07) is 22.1. The summed E-state index contributed by atoms with van der Waals surface area (Å²) in [6.07, 6.45) is 2.99. The van der Waals surface area contributed by atoms with Gasteiger partial charge in [-0.25, -0.2) is 0 Å². The van der Waals surface area contributed by atoms with Crippen molar-refractivity contribution >= 4 is 21.5 Å². The van der Waals surface area contributed by atoms with Crippen LogP contribution >= 0.6 is 0 Å².